The largest absolute Gasteiger partial charge is 0.390 e. The standard InChI is InChI=1S/C27H44NO5P/c1-9-19(29)13-14-21(34)27(7,8)26(5,6)17-20(25(3,4)10-2)24(32)33-23(31)16-12-18-11-15-22(30)28-18/h9,12,16,18,20-21H,1,10-11,13-15,17,34H2,2-8H3,(H,28,30)/b16-12+. The Morgan fingerprint density at radius 2 is 1.82 bits per heavy atom. The number of ketones is 1. The van der Waals surface area contributed by atoms with E-state index in [1.165, 1.54) is 12.2 Å². The van der Waals surface area contributed by atoms with Gasteiger partial charge in [-0.1, -0.05) is 67.5 Å². The minimum Gasteiger partial charge on any atom is -0.390 e. The molecular formula is C27H44NO5P. The molecule has 0 spiro atoms. The number of rotatable bonds is 13. The van der Waals surface area contributed by atoms with E-state index in [0.717, 1.165) is 6.42 Å². The first-order chi connectivity index (χ1) is 15.6. The molecule has 0 aliphatic carbocycles. The highest BCUT2D eigenvalue weighted by Crippen LogP contribution is 2.52. The average molecular weight is 494 g/mol. The molecule has 0 aromatic heterocycles. The molecule has 0 radical (unpaired) electrons. The van der Waals surface area contributed by atoms with Crippen LogP contribution in [0.4, 0.5) is 0 Å². The van der Waals surface area contributed by atoms with Crippen LogP contribution >= 0.6 is 9.24 Å². The second kappa shape index (κ2) is 12.2. The first-order valence-electron chi connectivity index (χ1n) is 12.2. The van der Waals surface area contributed by atoms with Gasteiger partial charge in [-0.3, -0.25) is 14.4 Å². The molecule has 4 unspecified atom stereocenters. The summed E-state index contributed by atoms with van der Waals surface area (Å²) in [5.74, 6) is -1.74. The molecule has 1 amide bonds. The molecule has 4 atom stereocenters. The fourth-order valence-corrected chi connectivity index (χ4v) is 4.76. The van der Waals surface area contributed by atoms with Crippen molar-refractivity contribution in [3.63, 3.8) is 0 Å². The smallest absolute Gasteiger partial charge is 0.338 e. The lowest BCUT2D eigenvalue weighted by Crippen LogP contribution is -2.45. The van der Waals surface area contributed by atoms with Gasteiger partial charge in [0.2, 0.25) is 5.91 Å². The van der Waals surface area contributed by atoms with Crippen LogP contribution in [-0.4, -0.2) is 35.3 Å². The Balaban J connectivity index is 2.99. The molecular weight excluding hydrogens is 449 g/mol. The van der Waals surface area contributed by atoms with Crippen molar-refractivity contribution in [2.75, 3.05) is 0 Å². The summed E-state index contributed by atoms with van der Waals surface area (Å²) in [5, 5.41) is 2.75. The Bertz CT molecular complexity index is 812. The predicted molar refractivity (Wildman–Crippen MR) is 139 cm³/mol. The third-order valence-electron chi connectivity index (χ3n) is 8.15. The molecule has 1 fully saturated rings. The number of carbonyl (C=O) groups is 4. The number of hydrogen-bond donors (Lipinski definition) is 1. The number of hydrogen-bond acceptors (Lipinski definition) is 5. The van der Waals surface area contributed by atoms with Gasteiger partial charge in [-0.15, -0.1) is 9.24 Å². The molecule has 0 aromatic rings. The Hall–Kier alpha value is -1.81. The van der Waals surface area contributed by atoms with Gasteiger partial charge in [-0.05, 0) is 47.2 Å². The SMILES string of the molecule is C=CC(=O)CCC(P)C(C)(C)C(C)(C)CC(C(=O)OC(=O)/C=C/C1CCC(=O)N1)C(C)(C)CC. The molecule has 1 aliphatic heterocycles. The molecule has 7 heteroatoms. The van der Waals surface area contributed by atoms with Crippen molar-refractivity contribution in [3.05, 3.63) is 24.8 Å². The minimum absolute atomic E-state index is 0.0263. The Kier molecular flexibility index (Phi) is 10.9. The molecule has 0 aromatic carbocycles. The first kappa shape index (κ1) is 30.2. The van der Waals surface area contributed by atoms with E-state index in [9.17, 15) is 19.2 Å². The third kappa shape index (κ3) is 8.15. The van der Waals surface area contributed by atoms with Gasteiger partial charge in [0.1, 0.15) is 0 Å². The molecule has 192 valence electrons. The van der Waals surface area contributed by atoms with Crippen molar-refractivity contribution in [2.24, 2.45) is 22.2 Å². The topological polar surface area (TPSA) is 89.5 Å². The molecule has 1 heterocycles. The van der Waals surface area contributed by atoms with E-state index in [0.29, 0.717) is 32.1 Å². The number of nitrogens with one attached hydrogen (secondary N) is 1. The number of esters is 2. The lowest BCUT2D eigenvalue weighted by Gasteiger charge is -2.49. The maximum Gasteiger partial charge on any atom is 0.338 e. The van der Waals surface area contributed by atoms with E-state index in [-0.39, 0.29) is 39.6 Å². The maximum absolute atomic E-state index is 13.2. The van der Waals surface area contributed by atoms with E-state index in [1.807, 2.05) is 20.8 Å². The molecule has 0 bridgehead atoms. The third-order valence-corrected chi connectivity index (χ3v) is 9.32. The molecule has 0 saturated carbocycles. The van der Waals surface area contributed by atoms with Crippen molar-refractivity contribution in [1.82, 2.24) is 5.32 Å². The van der Waals surface area contributed by atoms with Crippen molar-refractivity contribution >= 4 is 32.9 Å². The van der Waals surface area contributed by atoms with Crippen molar-refractivity contribution < 1.29 is 23.9 Å². The van der Waals surface area contributed by atoms with Gasteiger partial charge in [0.05, 0.1) is 5.92 Å². The Labute approximate surface area is 207 Å². The normalized spacial score (nSPS) is 18.9. The monoisotopic (exact) mass is 493 g/mol. The minimum atomic E-state index is -0.716. The van der Waals surface area contributed by atoms with Crippen molar-refractivity contribution in [1.29, 1.82) is 0 Å². The maximum atomic E-state index is 13.2. The van der Waals surface area contributed by atoms with Crippen LogP contribution in [0.3, 0.4) is 0 Å². The lowest BCUT2D eigenvalue weighted by atomic mass is 9.58. The highest BCUT2D eigenvalue weighted by molar-refractivity contribution is 7.17. The molecule has 6 nitrogen and oxygen atoms in total. The van der Waals surface area contributed by atoms with Crippen LogP contribution in [0.15, 0.2) is 24.8 Å². The van der Waals surface area contributed by atoms with Crippen LogP contribution in [-0.2, 0) is 23.9 Å². The highest BCUT2D eigenvalue weighted by atomic mass is 31.0. The van der Waals surface area contributed by atoms with Gasteiger partial charge in [-0.25, -0.2) is 4.79 Å². The molecule has 1 N–H and O–H groups in total. The molecule has 1 aliphatic rings. The highest BCUT2D eigenvalue weighted by Gasteiger charge is 2.47. The zero-order chi connectivity index (χ0) is 26.3. The van der Waals surface area contributed by atoms with Crippen LogP contribution in [0.25, 0.3) is 0 Å². The second-order valence-electron chi connectivity index (χ2n) is 11.3. The number of carbonyl (C=O) groups excluding carboxylic acids is 4. The van der Waals surface area contributed by atoms with Crippen LogP contribution in [0.1, 0.15) is 87.0 Å². The number of allylic oxidation sites excluding steroid dienone is 1. The predicted octanol–water partition coefficient (Wildman–Crippen LogP) is 5.16. The van der Waals surface area contributed by atoms with Gasteiger partial charge in [0, 0.05) is 25.0 Å². The van der Waals surface area contributed by atoms with Crippen LogP contribution < -0.4 is 5.32 Å². The van der Waals surface area contributed by atoms with E-state index in [2.05, 4.69) is 48.8 Å². The van der Waals surface area contributed by atoms with Crippen LogP contribution in [0.2, 0.25) is 0 Å². The van der Waals surface area contributed by atoms with E-state index in [4.69, 9.17) is 4.74 Å². The summed E-state index contributed by atoms with van der Waals surface area (Å²) in [6, 6.07) is -0.204. The van der Waals surface area contributed by atoms with Gasteiger partial charge in [-0.2, -0.15) is 0 Å². The Morgan fingerprint density at radius 1 is 1.21 bits per heavy atom. The van der Waals surface area contributed by atoms with E-state index in [1.54, 1.807) is 6.08 Å². The zero-order valence-electron chi connectivity index (χ0n) is 22.0. The van der Waals surface area contributed by atoms with Gasteiger partial charge in [0.15, 0.2) is 5.78 Å². The number of amides is 1. The molecule has 34 heavy (non-hydrogen) atoms. The van der Waals surface area contributed by atoms with Crippen molar-refractivity contribution in [2.45, 2.75) is 98.7 Å². The summed E-state index contributed by atoms with van der Waals surface area (Å²) in [5.41, 5.74) is -0.728. The number of ether oxygens (including phenoxy) is 1. The Morgan fingerprint density at radius 3 is 2.32 bits per heavy atom. The quantitative estimate of drug-likeness (QED) is 0.166. The summed E-state index contributed by atoms with van der Waals surface area (Å²) < 4.78 is 5.26. The molecule has 1 saturated heterocycles. The lowest BCUT2D eigenvalue weighted by molar-refractivity contribution is -0.164. The van der Waals surface area contributed by atoms with E-state index >= 15 is 0 Å². The first-order valence-corrected chi connectivity index (χ1v) is 12.9. The fraction of sp³-hybridized carbons (Fsp3) is 0.704. The fourth-order valence-electron chi connectivity index (χ4n) is 4.14. The van der Waals surface area contributed by atoms with Crippen molar-refractivity contribution in [3.8, 4) is 0 Å². The van der Waals surface area contributed by atoms with Gasteiger partial charge >= 0.3 is 11.9 Å². The second-order valence-corrected chi connectivity index (χ2v) is 12.1. The summed E-state index contributed by atoms with van der Waals surface area (Å²) in [6.45, 7) is 18.2. The molecule has 1 rings (SSSR count). The zero-order valence-corrected chi connectivity index (χ0v) is 23.2. The summed E-state index contributed by atoms with van der Waals surface area (Å²) >= 11 is 0. The van der Waals surface area contributed by atoms with Gasteiger partial charge in [0.25, 0.3) is 0 Å². The van der Waals surface area contributed by atoms with E-state index < -0.39 is 17.9 Å². The average Bonchev–Trinajstić information content (AvgIpc) is 3.18. The summed E-state index contributed by atoms with van der Waals surface area (Å²) in [7, 11) is 2.88. The van der Waals surface area contributed by atoms with Gasteiger partial charge < -0.3 is 10.1 Å². The van der Waals surface area contributed by atoms with Crippen LogP contribution in [0.5, 0.6) is 0 Å². The van der Waals surface area contributed by atoms with Crippen LogP contribution in [0, 0.1) is 22.2 Å². The summed E-state index contributed by atoms with van der Waals surface area (Å²) in [6.07, 6.45) is 7.65. The summed E-state index contributed by atoms with van der Waals surface area (Å²) in [4.78, 5) is 48.7.